The van der Waals surface area contributed by atoms with Crippen LogP contribution in [-0.4, -0.2) is 5.91 Å². The molecule has 0 saturated carbocycles. The SMILES string of the molecule is Cc1ccc(C2CC(=O)Nc3ccc4ccccc4c32)cc1. The standard InChI is InChI=1S/C20H17NO/c1-13-6-8-15(9-7-13)17-12-19(22)21-18-11-10-14-4-2-3-5-16(14)20(17)18/h2-11,17H,12H2,1H3,(H,21,22). The molecule has 0 aromatic heterocycles. The summed E-state index contributed by atoms with van der Waals surface area (Å²) in [6.45, 7) is 2.08. The van der Waals surface area contributed by atoms with E-state index in [1.54, 1.807) is 0 Å². The topological polar surface area (TPSA) is 29.1 Å². The summed E-state index contributed by atoms with van der Waals surface area (Å²) in [5.74, 6) is 0.212. The maximum absolute atomic E-state index is 12.1. The third kappa shape index (κ3) is 2.08. The van der Waals surface area contributed by atoms with Crippen molar-refractivity contribution in [3.63, 3.8) is 0 Å². The first kappa shape index (κ1) is 13.1. The molecule has 22 heavy (non-hydrogen) atoms. The van der Waals surface area contributed by atoms with Gasteiger partial charge in [-0.1, -0.05) is 60.2 Å². The zero-order chi connectivity index (χ0) is 15.1. The second-order valence-electron chi connectivity index (χ2n) is 5.96. The Hall–Kier alpha value is -2.61. The lowest BCUT2D eigenvalue weighted by molar-refractivity contribution is -0.116. The molecule has 108 valence electrons. The van der Waals surface area contributed by atoms with Crippen molar-refractivity contribution in [3.8, 4) is 0 Å². The maximum Gasteiger partial charge on any atom is 0.225 e. The lowest BCUT2D eigenvalue weighted by Crippen LogP contribution is -2.23. The number of carbonyl (C=O) groups is 1. The molecule has 2 nitrogen and oxygen atoms in total. The Morgan fingerprint density at radius 1 is 0.955 bits per heavy atom. The van der Waals surface area contributed by atoms with E-state index in [-0.39, 0.29) is 11.8 Å². The van der Waals surface area contributed by atoms with Crippen LogP contribution in [-0.2, 0) is 4.79 Å². The van der Waals surface area contributed by atoms with Gasteiger partial charge in [-0.15, -0.1) is 0 Å². The number of anilines is 1. The molecule has 0 aliphatic carbocycles. The van der Waals surface area contributed by atoms with Gasteiger partial charge in [-0.05, 0) is 34.9 Å². The minimum Gasteiger partial charge on any atom is -0.326 e. The van der Waals surface area contributed by atoms with E-state index in [1.807, 2.05) is 6.07 Å². The minimum atomic E-state index is 0.0911. The molecule has 1 N–H and O–H groups in total. The monoisotopic (exact) mass is 287 g/mol. The van der Waals surface area contributed by atoms with E-state index in [2.05, 4.69) is 66.8 Å². The zero-order valence-corrected chi connectivity index (χ0v) is 12.5. The average molecular weight is 287 g/mol. The largest absolute Gasteiger partial charge is 0.326 e. The van der Waals surface area contributed by atoms with Crippen molar-refractivity contribution in [3.05, 3.63) is 77.4 Å². The number of benzene rings is 3. The highest BCUT2D eigenvalue weighted by molar-refractivity contribution is 6.01. The van der Waals surface area contributed by atoms with Gasteiger partial charge in [0.05, 0.1) is 0 Å². The molecule has 3 aromatic rings. The van der Waals surface area contributed by atoms with E-state index in [9.17, 15) is 4.79 Å². The summed E-state index contributed by atoms with van der Waals surface area (Å²) >= 11 is 0. The summed E-state index contributed by atoms with van der Waals surface area (Å²) in [4.78, 5) is 12.1. The normalized spacial score (nSPS) is 17.1. The molecule has 1 heterocycles. The lowest BCUT2D eigenvalue weighted by atomic mass is 9.82. The van der Waals surface area contributed by atoms with Gasteiger partial charge in [0.2, 0.25) is 5.91 Å². The Labute approximate surface area is 129 Å². The Balaban J connectivity index is 1.97. The number of aryl methyl sites for hydroxylation is 1. The van der Waals surface area contributed by atoms with E-state index in [1.165, 1.54) is 27.5 Å². The number of amides is 1. The summed E-state index contributed by atoms with van der Waals surface area (Å²) in [6, 6.07) is 21.0. The predicted molar refractivity (Wildman–Crippen MR) is 90.2 cm³/mol. The van der Waals surface area contributed by atoms with Gasteiger partial charge in [-0.2, -0.15) is 0 Å². The van der Waals surface area contributed by atoms with Crippen LogP contribution in [0.2, 0.25) is 0 Å². The van der Waals surface area contributed by atoms with Gasteiger partial charge in [0.1, 0.15) is 0 Å². The highest BCUT2D eigenvalue weighted by Crippen LogP contribution is 2.41. The van der Waals surface area contributed by atoms with Crippen molar-refractivity contribution in [2.75, 3.05) is 5.32 Å². The zero-order valence-electron chi connectivity index (χ0n) is 12.5. The van der Waals surface area contributed by atoms with Crippen molar-refractivity contribution in [1.29, 1.82) is 0 Å². The van der Waals surface area contributed by atoms with Crippen molar-refractivity contribution in [2.45, 2.75) is 19.3 Å². The van der Waals surface area contributed by atoms with Gasteiger partial charge in [-0.25, -0.2) is 0 Å². The molecular formula is C20H17NO. The summed E-state index contributed by atoms with van der Waals surface area (Å²) in [7, 11) is 0. The Kier molecular flexibility index (Phi) is 2.97. The number of fused-ring (bicyclic) bond motifs is 3. The van der Waals surface area contributed by atoms with Crippen molar-refractivity contribution in [1.82, 2.24) is 0 Å². The van der Waals surface area contributed by atoms with Gasteiger partial charge >= 0.3 is 0 Å². The number of hydrogen-bond donors (Lipinski definition) is 1. The molecule has 0 radical (unpaired) electrons. The second kappa shape index (κ2) is 4.99. The first-order valence-corrected chi connectivity index (χ1v) is 7.60. The maximum atomic E-state index is 12.1. The summed E-state index contributed by atoms with van der Waals surface area (Å²) < 4.78 is 0. The van der Waals surface area contributed by atoms with Crippen molar-refractivity contribution >= 4 is 22.4 Å². The quantitative estimate of drug-likeness (QED) is 0.695. The first-order chi connectivity index (χ1) is 10.7. The molecule has 2 heteroatoms. The molecule has 0 saturated heterocycles. The lowest BCUT2D eigenvalue weighted by Gasteiger charge is -2.27. The fourth-order valence-electron chi connectivity index (χ4n) is 3.35. The van der Waals surface area contributed by atoms with Crippen LogP contribution in [0.5, 0.6) is 0 Å². The average Bonchev–Trinajstić information content (AvgIpc) is 2.54. The first-order valence-electron chi connectivity index (χ1n) is 7.60. The number of carbonyl (C=O) groups excluding carboxylic acids is 1. The Morgan fingerprint density at radius 3 is 2.55 bits per heavy atom. The van der Waals surface area contributed by atoms with Gasteiger partial charge in [0, 0.05) is 18.0 Å². The van der Waals surface area contributed by atoms with Crippen molar-refractivity contribution < 1.29 is 4.79 Å². The number of nitrogens with one attached hydrogen (secondary N) is 1. The van der Waals surface area contributed by atoms with Gasteiger partial charge in [0.15, 0.2) is 0 Å². The number of hydrogen-bond acceptors (Lipinski definition) is 1. The van der Waals surface area contributed by atoms with Gasteiger partial charge < -0.3 is 5.32 Å². The molecule has 4 rings (SSSR count). The van der Waals surface area contributed by atoms with Crippen LogP contribution in [0.1, 0.15) is 29.0 Å². The highest BCUT2D eigenvalue weighted by Gasteiger charge is 2.28. The summed E-state index contributed by atoms with van der Waals surface area (Å²) in [5.41, 5.74) is 4.63. The number of rotatable bonds is 1. The van der Waals surface area contributed by atoms with Crippen LogP contribution in [0.4, 0.5) is 5.69 Å². The molecule has 0 spiro atoms. The molecule has 1 unspecified atom stereocenters. The molecule has 3 aromatic carbocycles. The van der Waals surface area contributed by atoms with Crippen molar-refractivity contribution in [2.24, 2.45) is 0 Å². The van der Waals surface area contributed by atoms with Crippen LogP contribution in [0.3, 0.4) is 0 Å². The third-order valence-electron chi connectivity index (χ3n) is 4.46. The molecule has 1 aliphatic rings. The van der Waals surface area contributed by atoms with Crippen LogP contribution in [0, 0.1) is 6.92 Å². The third-order valence-corrected chi connectivity index (χ3v) is 4.46. The van der Waals surface area contributed by atoms with E-state index < -0.39 is 0 Å². The highest BCUT2D eigenvalue weighted by atomic mass is 16.1. The van der Waals surface area contributed by atoms with Gasteiger partial charge in [0.25, 0.3) is 0 Å². The van der Waals surface area contributed by atoms with Crippen LogP contribution in [0.25, 0.3) is 10.8 Å². The van der Waals surface area contributed by atoms with E-state index >= 15 is 0 Å². The van der Waals surface area contributed by atoms with E-state index in [4.69, 9.17) is 0 Å². The minimum absolute atomic E-state index is 0.0911. The van der Waals surface area contributed by atoms with E-state index in [0.29, 0.717) is 6.42 Å². The fourth-order valence-corrected chi connectivity index (χ4v) is 3.35. The van der Waals surface area contributed by atoms with Gasteiger partial charge in [-0.3, -0.25) is 4.79 Å². The summed E-state index contributed by atoms with van der Waals surface area (Å²) in [6.07, 6.45) is 0.504. The van der Waals surface area contributed by atoms with E-state index in [0.717, 1.165) is 5.69 Å². The smallest absolute Gasteiger partial charge is 0.225 e. The second-order valence-corrected chi connectivity index (χ2v) is 5.96. The fraction of sp³-hybridized carbons (Fsp3) is 0.150. The summed E-state index contributed by atoms with van der Waals surface area (Å²) in [5, 5.41) is 5.47. The van der Waals surface area contributed by atoms with Crippen LogP contribution in [0.15, 0.2) is 60.7 Å². The molecular weight excluding hydrogens is 270 g/mol. The molecule has 1 atom stereocenters. The molecule has 0 fully saturated rings. The van der Waals surface area contributed by atoms with Crippen LogP contribution >= 0.6 is 0 Å². The molecule has 1 aliphatic heterocycles. The molecule has 0 bridgehead atoms. The predicted octanol–water partition coefficient (Wildman–Crippen LogP) is 4.62. The van der Waals surface area contributed by atoms with Crippen LogP contribution < -0.4 is 5.32 Å². The Bertz CT molecular complexity index is 865. The molecule has 1 amide bonds. The Morgan fingerprint density at radius 2 is 1.73 bits per heavy atom.